The normalized spacial score (nSPS) is 12.1. The van der Waals surface area contributed by atoms with Gasteiger partial charge in [0.25, 0.3) is 0 Å². The number of nitriles is 1. The number of hydrogen-bond donors (Lipinski definition) is 0. The maximum absolute atomic E-state index is 13.1. The maximum atomic E-state index is 13.1. The largest absolute Gasteiger partial charge is 0.291 e. The lowest BCUT2D eigenvalue weighted by atomic mass is 9.95. The fraction of sp³-hybridized carbons (Fsp3) is 0.0952. The molecule has 0 amide bonds. The summed E-state index contributed by atoms with van der Waals surface area (Å²) in [5, 5.41) is 15.9. The summed E-state index contributed by atoms with van der Waals surface area (Å²) in [6.45, 7) is 1.90. The molecule has 0 aliphatic carbocycles. The molecule has 2 aromatic carbocycles. The standard InChI is InChI=1S/C21H13Cl2N3OS/c1-12-15-10-19(28-21(15)26(25-12)14-5-3-2-4-6-14)20(27)17(11-24)16-9-13(22)7-8-18(16)23/h2-10,17H,1H3. The molecule has 28 heavy (non-hydrogen) atoms. The van der Waals surface area contributed by atoms with E-state index in [0.717, 1.165) is 21.6 Å². The number of rotatable bonds is 4. The Bertz CT molecular complexity index is 1240. The lowest BCUT2D eigenvalue weighted by molar-refractivity contribution is 0.0983. The predicted octanol–water partition coefficient (Wildman–Crippen LogP) is 6.19. The van der Waals surface area contributed by atoms with Gasteiger partial charge >= 0.3 is 0 Å². The second-order valence-corrected chi connectivity index (χ2v) is 8.13. The molecule has 4 aromatic rings. The van der Waals surface area contributed by atoms with Crippen LogP contribution in [0, 0.1) is 18.3 Å². The quantitative estimate of drug-likeness (QED) is 0.366. The van der Waals surface area contributed by atoms with E-state index in [-0.39, 0.29) is 5.78 Å². The van der Waals surface area contributed by atoms with Crippen LogP contribution in [-0.4, -0.2) is 15.6 Å². The summed E-state index contributed by atoms with van der Waals surface area (Å²) in [7, 11) is 0. The molecular weight excluding hydrogens is 413 g/mol. The number of carbonyl (C=O) groups is 1. The van der Waals surface area contributed by atoms with Crippen LogP contribution in [0.1, 0.15) is 26.8 Å². The molecule has 0 fully saturated rings. The van der Waals surface area contributed by atoms with Crippen molar-refractivity contribution in [2.75, 3.05) is 0 Å². The zero-order chi connectivity index (χ0) is 19.8. The van der Waals surface area contributed by atoms with Crippen LogP contribution in [0.5, 0.6) is 0 Å². The van der Waals surface area contributed by atoms with Crippen LogP contribution in [0.4, 0.5) is 0 Å². The number of benzene rings is 2. The zero-order valence-electron chi connectivity index (χ0n) is 14.7. The minimum absolute atomic E-state index is 0.299. The van der Waals surface area contributed by atoms with Crippen molar-refractivity contribution in [1.82, 2.24) is 9.78 Å². The SMILES string of the molecule is Cc1nn(-c2ccccc2)c2sc(C(=O)C(C#N)c3cc(Cl)ccc3Cl)cc12. The van der Waals surface area contributed by atoms with Crippen molar-refractivity contribution in [2.24, 2.45) is 0 Å². The topological polar surface area (TPSA) is 58.7 Å². The Labute approximate surface area is 175 Å². The van der Waals surface area contributed by atoms with Crippen molar-refractivity contribution in [3.63, 3.8) is 0 Å². The maximum Gasteiger partial charge on any atom is 0.194 e. The minimum Gasteiger partial charge on any atom is -0.291 e. The van der Waals surface area contributed by atoms with E-state index < -0.39 is 5.92 Å². The molecule has 0 saturated heterocycles. The molecule has 0 spiro atoms. The van der Waals surface area contributed by atoms with Crippen molar-refractivity contribution in [1.29, 1.82) is 5.26 Å². The second-order valence-electron chi connectivity index (χ2n) is 6.25. The van der Waals surface area contributed by atoms with Crippen LogP contribution in [0.3, 0.4) is 0 Å². The number of carbonyl (C=O) groups excluding carboxylic acids is 1. The Morgan fingerprint density at radius 1 is 1.18 bits per heavy atom. The number of aryl methyl sites for hydroxylation is 1. The van der Waals surface area contributed by atoms with Gasteiger partial charge in [0.2, 0.25) is 0 Å². The first-order chi connectivity index (χ1) is 13.5. The zero-order valence-corrected chi connectivity index (χ0v) is 17.0. The van der Waals surface area contributed by atoms with Crippen LogP contribution in [0.15, 0.2) is 54.6 Å². The molecule has 2 heterocycles. The highest BCUT2D eigenvalue weighted by Crippen LogP contribution is 2.35. The first-order valence-electron chi connectivity index (χ1n) is 8.43. The molecule has 2 aromatic heterocycles. The predicted molar refractivity (Wildman–Crippen MR) is 113 cm³/mol. The van der Waals surface area contributed by atoms with E-state index in [4.69, 9.17) is 23.2 Å². The Morgan fingerprint density at radius 2 is 1.93 bits per heavy atom. The summed E-state index contributed by atoms with van der Waals surface area (Å²) in [5.41, 5.74) is 2.15. The summed E-state index contributed by atoms with van der Waals surface area (Å²) in [5.74, 6) is -1.32. The van der Waals surface area contributed by atoms with Gasteiger partial charge in [-0.15, -0.1) is 11.3 Å². The second kappa shape index (κ2) is 7.40. The average molecular weight is 426 g/mol. The summed E-state index contributed by atoms with van der Waals surface area (Å²) in [4.78, 5) is 14.5. The molecule has 1 atom stereocenters. The third-order valence-electron chi connectivity index (χ3n) is 4.45. The number of para-hydroxylation sites is 1. The number of thiophene rings is 1. The van der Waals surface area contributed by atoms with Gasteiger partial charge in [0.15, 0.2) is 5.78 Å². The molecule has 0 aliphatic rings. The van der Waals surface area contributed by atoms with E-state index in [1.165, 1.54) is 11.3 Å². The number of nitrogens with zero attached hydrogens (tertiary/aromatic N) is 3. The fourth-order valence-electron chi connectivity index (χ4n) is 3.06. The van der Waals surface area contributed by atoms with Gasteiger partial charge in [0, 0.05) is 15.4 Å². The number of Topliss-reactive ketones (excluding diaryl/α,β-unsaturated/α-hetero) is 1. The molecule has 1 unspecified atom stereocenters. The van der Waals surface area contributed by atoms with Gasteiger partial charge in [-0.05, 0) is 48.9 Å². The van der Waals surface area contributed by atoms with Crippen LogP contribution in [0.2, 0.25) is 10.0 Å². The highest BCUT2D eigenvalue weighted by Gasteiger charge is 2.27. The highest BCUT2D eigenvalue weighted by atomic mass is 35.5. The Morgan fingerprint density at radius 3 is 2.64 bits per heavy atom. The minimum atomic E-state index is -1.02. The van der Waals surface area contributed by atoms with Gasteiger partial charge in [0.05, 0.1) is 22.3 Å². The summed E-state index contributed by atoms with van der Waals surface area (Å²) >= 11 is 13.6. The first-order valence-corrected chi connectivity index (χ1v) is 10.00. The number of halogens is 2. The van der Waals surface area contributed by atoms with Crippen molar-refractivity contribution < 1.29 is 4.79 Å². The molecule has 0 bridgehead atoms. The summed E-state index contributed by atoms with van der Waals surface area (Å²) < 4.78 is 1.82. The molecule has 4 nitrogen and oxygen atoms in total. The van der Waals surface area contributed by atoms with E-state index in [1.807, 2.05) is 41.9 Å². The van der Waals surface area contributed by atoms with Gasteiger partial charge in [0.1, 0.15) is 10.7 Å². The lowest BCUT2D eigenvalue weighted by Gasteiger charge is -2.10. The Kier molecular flexibility index (Phi) is 4.94. The molecule has 0 N–H and O–H groups in total. The molecule has 138 valence electrons. The van der Waals surface area contributed by atoms with Gasteiger partial charge in [-0.25, -0.2) is 4.68 Å². The van der Waals surface area contributed by atoms with Crippen molar-refractivity contribution in [2.45, 2.75) is 12.8 Å². The third kappa shape index (κ3) is 3.20. The summed E-state index contributed by atoms with van der Waals surface area (Å²) in [6, 6.07) is 18.4. The Balaban J connectivity index is 1.80. The smallest absolute Gasteiger partial charge is 0.194 e. The molecule has 0 saturated carbocycles. The van der Waals surface area contributed by atoms with Crippen molar-refractivity contribution >= 4 is 50.5 Å². The molecule has 0 aliphatic heterocycles. The molecule has 7 heteroatoms. The van der Waals surface area contributed by atoms with E-state index in [2.05, 4.69) is 11.2 Å². The molecule has 0 radical (unpaired) electrons. The third-order valence-corrected chi connectivity index (χ3v) is 6.15. The van der Waals surface area contributed by atoms with E-state index >= 15 is 0 Å². The molecular formula is C21H13Cl2N3OS. The highest BCUT2D eigenvalue weighted by molar-refractivity contribution is 7.20. The first kappa shape index (κ1) is 18.7. The van der Waals surface area contributed by atoms with Gasteiger partial charge in [-0.3, -0.25) is 4.79 Å². The lowest BCUT2D eigenvalue weighted by Crippen LogP contribution is -2.10. The van der Waals surface area contributed by atoms with Crippen LogP contribution >= 0.6 is 34.5 Å². The fourth-order valence-corrected chi connectivity index (χ4v) is 4.62. The van der Waals surface area contributed by atoms with Gasteiger partial charge in [-0.1, -0.05) is 41.4 Å². The Hall–Kier alpha value is -2.65. The van der Waals surface area contributed by atoms with E-state index in [1.54, 1.807) is 24.3 Å². The van der Waals surface area contributed by atoms with E-state index in [9.17, 15) is 10.1 Å². The van der Waals surface area contributed by atoms with Crippen LogP contribution in [-0.2, 0) is 0 Å². The monoisotopic (exact) mass is 425 g/mol. The van der Waals surface area contributed by atoms with Gasteiger partial charge < -0.3 is 0 Å². The number of aromatic nitrogens is 2. The molecule has 4 rings (SSSR count). The van der Waals surface area contributed by atoms with Crippen LogP contribution < -0.4 is 0 Å². The van der Waals surface area contributed by atoms with Crippen molar-refractivity contribution in [3.8, 4) is 11.8 Å². The average Bonchev–Trinajstić information content (AvgIpc) is 3.26. The number of hydrogen-bond acceptors (Lipinski definition) is 4. The summed E-state index contributed by atoms with van der Waals surface area (Å²) in [6.07, 6.45) is 0. The van der Waals surface area contributed by atoms with Crippen molar-refractivity contribution in [3.05, 3.63) is 80.8 Å². The van der Waals surface area contributed by atoms with Gasteiger partial charge in [-0.2, -0.15) is 10.4 Å². The number of fused-ring (bicyclic) bond motifs is 1. The van der Waals surface area contributed by atoms with E-state index in [0.29, 0.717) is 20.5 Å². The van der Waals surface area contributed by atoms with Crippen LogP contribution in [0.25, 0.3) is 15.9 Å². The number of ketones is 1.